The van der Waals surface area contributed by atoms with E-state index in [0.29, 0.717) is 12.1 Å². The molecule has 0 aliphatic rings. The smallest absolute Gasteiger partial charge is 0.300 e. The van der Waals surface area contributed by atoms with Crippen molar-refractivity contribution in [2.75, 3.05) is 0 Å². The van der Waals surface area contributed by atoms with Crippen LogP contribution in [0.1, 0.15) is 29.3 Å². The molecule has 0 spiro atoms. The Bertz CT molecular complexity index is 463. The molecule has 1 aromatic carbocycles. The molecule has 0 saturated heterocycles. The Balaban J connectivity index is 3.13. The lowest BCUT2D eigenvalue weighted by molar-refractivity contribution is -0.140. The minimum atomic E-state index is -4.86. The summed E-state index contributed by atoms with van der Waals surface area (Å²) in [7, 11) is 0. The van der Waals surface area contributed by atoms with E-state index in [9.17, 15) is 27.2 Å². The van der Waals surface area contributed by atoms with E-state index in [4.69, 9.17) is 0 Å². The number of hydrogen-bond donors (Lipinski definition) is 0. The standard InChI is InChI=1S/C11H8F4O2/c1-6(16)4-10(17)7-2-3-9(12)8(5-7)11(13,14)15/h2-3,5H,4H2,1H3. The SMILES string of the molecule is CC(=O)CC(=O)c1ccc(F)c(C(F)(F)F)c1. The quantitative estimate of drug-likeness (QED) is 0.468. The monoisotopic (exact) mass is 248 g/mol. The van der Waals surface area contributed by atoms with Crippen LogP contribution in [0, 0.1) is 5.82 Å². The molecule has 0 atom stereocenters. The van der Waals surface area contributed by atoms with Crippen molar-refractivity contribution in [3.8, 4) is 0 Å². The summed E-state index contributed by atoms with van der Waals surface area (Å²) < 4.78 is 49.9. The van der Waals surface area contributed by atoms with Crippen LogP contribution in [0.2, 0.25) is 0 Å². The van der Waals surface area contributed by atoms with Gasteiger partial charge in [0.15, 0.2) is 5.78 Å². The average Bonchev–Trinajstić information content (AvgIpc) is 2.15. The zero-order valence-electron chi connectivity index (χ0n) is 8.77. The van der Waals surface area contributed by atoms with E-state index in [1.54, 1.807) is 0 Å². The summed E-state index contributed by atoms with van der Waals surface area (Å²) in [6.45, 7) is 1.14. The first kappa shape index (κ1) is 13.3. The maximum atomic E-state index is 12.9. The van der Waals surface area contributed by atoms with E-state index in [1.807, 2.05) is 0 Å². The molecule has 0 bridgehead atoms. The molecule has 92 valence electrons. The van der Waals surface area contributed by atoms with Gasteiger partial charge >= 0.3 is 6.18 Å². The molecular formula is C11H8F4O2. The van der Waals surface area contributed by atoms with E-state index in [1.165, 1.54) is 0 Å². The van der Waals surface area contributed by atoms with Crippen LogP contribution in [0.5, 0.6) is 0 Å². The van der Waals surface area contributed by atoms with E-state index >= 15 is 0 Å². The van der Waals surface area contributed by atoms with E-state index in [-0.39, 0.29) is 5.56 Å². The molecule has 0 radical (unpaired) electrons. The second-order valence-electron chi connectivity index (χ2n) is 3.49. The minimum Gasteiger partial charge on any atom is -0.300 e. The molecule has 0 fully saturated rings. The summed E-state index contributed by atoms with van der Waals surface area (Å²) in [4.78, 5) is 22.0. The molecule has 0 saturated carbocycles. The average molecular weight is 248 g/mol. The molecule has 1 aromatic rings. The Morgan fingerprint density at radius 3 is 2.29 bits per heavy atom. The summed E-state index contributed by atoms with van der Waals surface area (Å²) in [5.41, 5.74) is -1.83. The van der Waals surface area contributed by atoms with Crippen LogP contribution in [-0.4, -0.2) is 11.6 Å². The van der Waals surface area contributed by atoms with Crippen molar-refractivity contribution >= 4 is 11.6 Å². The molecule has 2 nitrogen and oxygen atoms in total. The van der Waals surface area contributed by atoms with E-state index in [2.05, 4.69) is 0 Å². The molecule has 1 rings (SSSR count). The van der Waals surface area contributed by atoms with Crippen molar-refractivity contribution in [1.82, 2.24) is 0 Å². The Labute approximate surface area is 94.2 Å². The van der Waals surface area contributed by atoms with Gasteiger partial charge in [-0.3, -0.25) is 9.59 Å². The van der Waals surface area contributed by atoms with Crippen LogP contribution in [0.15, 0.2) is 18.2 Å². The fourth-order valence-corrected chi connectivity index (χ4v) is 1.24. The number of ketones is 2. The van der Waals surface area contributed by atoms with Crippen molar-refractivity contribution in [1.29, 1.82) is 0 Å². The van der Waals surface area contributed by atoms with Crippen LogP contribution in [0.25, 0.3) is 0 Å². The number of carbonyl (C=O) groups is 2. The third kappa shape index (κ3) is 3.37. The normalized spacial score (nSPS) is 11.4. The van der Waals surface area contributed by atoms with Gasteiger partial charge in [0.2, 0.25) is 0 Å². The Kier molecular flexibility index (Phi) is 3.65. The third-order valence-electron chi connectivity index (χ3n) is 2.00. The Morgan fingerprint density at radius 1 is 1.24 bits per heavy atom. The van der Waals surface area contributed by atoms with Crippen LogP contribution >= 0.6 is 0 Å². The predicted octanol–water partition coefficient (Wildman–Crippen LogP) is 3.01. The van der Waals surface area contributed by atoms with Crippen LogP contribution in [0.4, 0.5) is 17.6 Å². The molecule has 0 aromatic heterocycles. The van der Waals surface area contributed by atoms with Crippen molar-refractivity contribution in [2.45, 2.75) is 19.5 Å². The molecule has 0 aliphatic carbocycles. The van der Waals surface area contributed by atoms with Gasteiger partial charge in [-0.15, -0.1) is 0 Å². The molecular weight excluding hydrogens is 240 g/mol. The second-order valence-corrected chi connectivity index (χ2v) is 3.49. The van der Waals surface area contributed by atoms with Crippen molar-refractivity contribution in [2.24, 2.45) is 0 Å². The van der Waals surface area contributed by atoms with E-state index < -0.39 is 35.5 Å². The number of Topliss-reactive ketones (excluding diaryl/α,β-unsaturated/α-hetero) is 2. The molecule has 0 heterocycles. The highest BCUT2D eigenvalue weighted by atomic mass is 19.4. The van der Waals surface area contributed by atoms with Gasteiger partial charge < -0.3 is 0 Å². The Morgan fingerprint density at radius 2 is 1.82 bits per heavy atom. The fourth-order valence-electron chi connectivity index (χ4n) is 1.24. The van der Waals surface area contributed by atoms with Gasteiger partial charge in [-0.1, -0.05) is 0 Å². The number of benzene rings is 1. The zero-order valence-corrected chi connectivity index (χ0v) is 8.77. The van der Waals surface area contributed by atoms with Gasteiger partial charge in [-0.05, 0) is 25.1 Å². The number of carbonyl (C=O) groups excluding carboxylic acids is 2. The molecule has 0 aliphatic heterocycles. The van der Waals surface area contributed by atoms with Crippen LogP contribution in [-0.2, 0) is 11.0 Å². The third-order valence-corrected chi connectivity index (χ3v) is 2.00. The lowest BCUT2D eigenvalue weighted by Gasteiger charge is -2.09. The lowest BCUT2D eigenvalue weighted by atomic mass is 10.0. The Hall–Kier alpha value is -1.72. The van der Waals surface area contributed by atoms with Gasteiger partial charge in [-0.2, -0.15) is 13.2 Å². The summed E-state index contributed by atoms with van der Waals surface area (Å²) >= 11 is 0. The summed E-state index contributed by atoms with van der Waals surface area (Å²) in [5, 5.41) is 0. The van der Waals surface area contributed by atoms with Crippen LogP contribution < -0.4 is 0 Å². The van der Waals surface area contributed by atoms with E-state index in [0.717, 1.165) is 13.0 Å². The van der Waals surface area contributed by atoms with Crippen LogP contribution in [0.3, 0.4) is 0 Å². The maximum Gasteiger partial charge on any atom is 0.419 e. The van der Waals surface area contributed by atoms with Gasteiger partial charge in [0.05, 0.1) is 12.0 Å². The first-order valence-electron chi connectivity index (χ1n) is 4.61. The largest absolute Gasteiger partial charge is 0.419 e. The van der Waals surface area contributed by atoms with Gasteiger partial charge in [0, 0.05) is 5.56 Å². The number of hydrogen-bond acceptors (Lipinski definition) is 2. The highest BCUT2D eigenvalue weighted by Crippen LogP contribution is 2.32. The van der Waals surface area contributed by atoms with Gasteiger partial charge in [0.1, 0.15) is 11.6 Å². The topological polar surface area (TPSA) is 34.1 Å². The van der Waals surface area contributed by atoms with Crippen molar-refractivity contribution < 1.29 is 27.2 Å². The fraction of sp³-hybridized carbons (Fsp3) is 0.273. The summed E-state index contributed by atoms with van der Waals surface area (Å²) in [5.74, 6) is -2.67. The minimum absolute atomic E-state index is 0.325. The molecule has 0 unspecified atom stereocenters. The zero-order chi connectivity index (χ0) is 13.2. The number of alkyl halides is 3. The first-order valence-corrected chi connectivity index (χ1v) is 4.61. The predicted molar refractivity (Wildman–Crippen MR) is 51.0 cm³/mol. The van der Waals surface area contributed by atoms with Gasteiger partial charge in [0.25, 0.3) is 0 Å². The number of rotatable bonds is 3. The summed E-state index contributed by atoms with van der Waals surface area (Å²) in [6.07, 6.45) is -5.36. The summed E-state index contributed by atoms with van der Waals surface area (Å²) in [6, 6.07) is 1.91. The molecule has 0 amide bonds. The highest BCUT2D eigenvalue weighted by molar-refractivity contribution is 6.07. The van der Waals surface area contributed by atoms with Crippen molar-refractivity contribution in [3.63, 3.8) is 0 Å². The second kappa shape index (κ2) is 4.65. The molecule has 17 heavy (non-hydrogen) atoms. The molecule has 0 N–H and O–H groups in total. The number of halogens is 4. The molecule has 6 heteroatoms. The highest BCUT2D eigenvalue weighted by Gasteiger charge is 2.34. The maximum absolute atomic E-state index is 12.9. The van der Waals surface area contributed by atoms with Crippen molar-refractivity contribution in [3.05, 3.63) is 35.1 Å². The lowest BCUT2D eigenvalue weighted by Crippen LogP contribution is -2.11. The first-order chi connectivity index (χ1) is 7.71. The van der Waals surface area contributed by atoms with Gasteiger partial charge in [-0.25, -0.2) is 4.39 Å².